The molecule has 0 saturated carbocycles. The molecule has 0 unspecified atom stereocenters. The van der Waals surface area contributed by atoms with Crippen molar-refractivity contribution in [3.8, 4) is 5.95 Å². The van der Waals surface area contributed by atoms with Crippen molar-refractivity contribution in [1.82, 2.24) is 19.7 Å². The van der Waals surface area contributed by atoms with E-state index in [1.165, 1.54) is 16.8 Å². The van der Waals surface area contributed by atoms with Crippen molar-refractivity contribution in [3.05, 3.63) is 68.3 Å². The van der Waals surface area contributed by atoms with E-state index in [9.17, 15) is 22.8 Å². The Kier molecular flexibility index (Phi) is 6.18. The molecule has 0 aliphatic rings. The summed E-state index contributed by atoms with van der Waals surface area (Å²) < 4.78 is 40.5. The zero-order valence-corrected chi connectivity index (χ0v) is 18.5. The first-order valence-electron chi connectivity index (χ1n) is 10.0. The molecule has 0 aliphatic heterocycles. The fourth-order valence-corrected chi connectivity index (χ4v) is 3.26. The monoisotopic (exact) mass is 463 g/mol. The summed E-state index contributed by atoms with van der Waals surface area (Å²) in [6.07, 6.45) is -4.36. The van der Waals surface area contributed by atoms with E-state index in [0.29, 0.717) is 28.9 Å². The number of H-pyrrole nitrogens is 1. The summed E-state index contributed by atoms with van der Waals surface area (Å²) in [4.78, 5) is 32.2. The van der Waals surface area contributed by atoms with E-state index < -0.39 is 23.3 Å². The minimum absolute atomic E-state index is 0.0699. The van der Waals surface area contributed by atoms with Crippen molar-refractivity contribution >= 4 is 11.7 Å². The molecule has 0 radical (unpaired) electrons. The minimum Gasteiger partial charge on any atom is -0.306 e. The molecule has 1 aromatic carbocycles. The van der Waals surface area contributed by atoms with Crippen LogP contribution in [0.3, 0.4) is 0 Å². The second kappa shape index (κ2) is 8.45. The van der Waals surface area contributed by atoms with Gasteiger partial charge in [0.2, 0.25) is 5.95 Å². The van der Waals surface area contributed by atoms with Crippen molar-refractivity contribution < 1.29 is 18.0 Å². The highest BCUT2D eigenvalue weighted by Crippen LogP contribution is 2.32. The second-order valence-corrected chi connectivity index (χ2v) is 7.68. The predicted octanol–water partition coefficient (Wildman–Crippen LogP) is 2.33. The van der Waals surface area contributed by atoms with Crippen molar-refractivity contribution in [1.29, 1.82) is 0 Å². The zero-order valence-electron chi connectivity index (χ0n) is 18.5. The Morgan fingerprint density at radius 2 is 1.73 bits per heavy atom. The van der Waals surface area contributed by atoms with E-state index in [-0.39, 0.29) is 22.9 Å². The van der Waals surface area contributed by atoms with Gasteiger partial charge in [-0.25, -0.2) is 4.98 Å². The van der Waals surface area contributed by atoms with Crippen LogP contribution in [-0.4, -0.2) is 31.8 Å². The molecule has 0 fully saturated rings. The molecule has 12 heteroatoms. The third-order valence-corrected chi connectivity index (χ3v) is 5.45. The average Bonchev–Trinajstić information content (AvgIpc) is 3.01. The summed E-state index contributed by atoms with van der Waals surface area (Å²) >= 11 is 0. The molecule has 3 rings (SSSR count). The van der Waals surface area contributed by atoms with E-state index in [0.717, 1.165) is 12.1 Å². The largest absolute Gasteiger partial charge is 0.423 e. The molecule has 0 atom stereocenters. The SMILES string of the molecule is CCc1c(C)nc(-n2nc(C)c(C)c2NC(=O)c2ccc(C(N)(N)C(F)(F)F)cc2)[nH]c1=O. The number of anilines is 1. The van der Waals surface area contributed by atoms with Gasteiger partial charge >= 0.3 is 6.18 Å². The summed E-state index contributed by atoms with van der Waals surface area (Å²) in [5.74, 6) is -0.227. The Hall–Kier alpha value is -3.51. The van der Waals surface area contributed by atoms with Crippen molar-refractivity contribution in [3.63, 3.8) is 0 Å². The molecule has 9 nitrogen and oxygen atoms in total. The Labute approximate surface area is 187 Å². The van der Waals surface area contributed by atoms with Gasteiger partial charge in [-0.3, -0.25) is 14.6 Å². The number of carbonyl (C=O) groups excluding carboxylic acids is 1. The van der Waals surface area contributed by atoms with Crippen molar-refractivity contribution in [2.75, 3.05) is 5.32 Å². The number of nitrogens with zero attached hydrogens (tertiary/aromatic N) is 3. The standard InChI is InChI=1S/C21H24F3N7O2/c1-5-15-12(4)27-19(29-18(15)33)31-16(10(2)11(3)30-31)28-17(32)13-6-8-14(9-7-13)20(25,26)21(22,23)24/h6-9H,5,25-26H2,1-4H3,(H,28,32)(H,27,29,33). The van der Waals surface area contributed by atoms with Gasteiger partial charge in [0.15, 0.2) is 5.66 Å². The summed E-state index contributed by atoms with van der Waals surface area (Å²) in [6.45, 7) is 6.99. The van der Waals surface area contributed by atoms with Crippen LogP contribution in [-0.2, 0) is 12.1 Å². The van der Waals surface area contributed by atoms with Gasteiger partial charge in [-0.15, -0.1) is 0 Å². The number of aromatic amines is 1. The van der Waals surface area contributed by atoms with Gasteiger partial charge in [0.05, 0.1) is 5.69 Å². The van der Waals surface area contributed by atoms with Crippen LogP contribution < -0.4 is 22.3 Å². The van der Waals surface area contributed by atoms with Crippen molar-refractivity contribution in [2.45, 2.75) is 46.0 Å². The molecule has 0 bridgehead atoms. The quantitative estimate of drug-likeness (QED) is 0.428. The number of amides is 1. The van der Waals surface area contributed by atoms with Gasteiger partial charge in [-0.05, 0) is 44.9 Å². The van der Waals surface area contributed by atoms with Crippen LogP contribution in [0, 0.1) is 20.8 Å². The molecule has 3 aromatic rings. The average molecular weight is 463 g/mol. The van der Waals surface area contributed by atoms with Gasteiger partial charge < -0.3 is 16.8 Å². The highest BCUT2D eigenvalue weighted by Gasteiger charge is 2.50. The maximum atomic E-state index is 13.1. The maximum Gasteiger partial charge on any atom is 0.423 e. The number of alkyl halides is 3. The first-order chi connectivity index (χ1) is 15.3. The van der Waals surface area contributed by atoms with Gasteiger partial charge in [0, 0.05) is 22.4 Å². The summed E-state index contributed by atoms with van der Waals surface area (Å²) in [6, 6.07) is 4.47. The molecule has 0 spiro atoms. The fourth-order valence-electron chi connectivity index (χ4n) is 3.26. The number of halogens is 3. The lowest BCUT2D eigenvalue weighted by molar-refractivity contribution is -0.188. The number of nitrogens with one attached hydrogen (secondary N) is 2. The number of benzene rings is 1. The highest BCUT2D eigenvalue weighted by atomic mass is 19.4. The topological polar surface area (TPSA) is 145 Å². The molecular formula is C21H24F3N7O2. The zero-order chi connectivity index (χ0) is 24.7. The molecule has 176 valence electrons. The first kappa shape index (κ1) is 24.1. The fraction of sp³-hybridized carbons (Fsp3) is 0.333. The molecular weight excluding hydrogens is 439 g/mol. The Balaban J connectivity index is 1.95. The summed E-state index contributed by atoms with van der Waals surface area (Å²) in [5, 5.41) is 7.03. The number of aryl methyl sites for hydroxylation is 2. The van der Waals surface area contributed by atoms with Crippen LogP contribution in [0.15, 0.2) is 29.1 Å². The lowest BCUT2D eigenvalue weighted by Crippen LogP contribution is -2.57. The number of rotatable bonds is 5. The summed E-state index contributed by atoms with van der Waals surface area (Å²) in [5.41, 5.74) is 9.05. The molecule has 0 aliphatic carbocycles. The van der Waals surface area contributed by atoms with Crippen LogP contribution in [0.4, 0.5) is 19.0 Å². The molecule has 33 heavy (non-hydrogen) atoms. The Morgan fingerprint density at radius 3 is 2.24 bits per heavy atom. The lowest BCUT2D eigenvalue weighted by atomic mass is 9.99. The third-order valence-electron chi connectivity index (χ3n) is 5.45. The third kappa shape index (κ3) is 4.39. The normalized spacial score (nSPS) is 12.2. The summed E-state index contributed by atoms with van der Waals surface area (Å²) in [7, 11) is 0. The van der Waals surface area contributed by atoms with Gasteiger partial charge in [0.1, 0.15) is 5.82 Å². The minimum atomic E-state index is -4.87. The maximum absolute atomic E-state index is 13.1. The van der Waals surface area contributed by atoms with E-state index in [1.807, 2.05) is 6.92 Å². The van der Waals surface area contributed by atoms with E-state index in [4.69, 9.17) is 11.5 Å². The van der Waals surface area contributed by atoms with Gasteiger partial charge in [-0.2, -0.15) is 23.0 Å². The van der Waals surface area contributed by atoms with Crippen LogP contribution in [0.5, 0.6) is 0 Å². The molecule has 6 N–H and O–H groups in total. The number of aromatic nitrogens is 4. The van der Waals surface area contributed by atoms with Crippen LogP contribution in [0.1, 0.15) is 45.4 Å². The Morgan fingerprint density at radius 1 is 1.12 bits per heavy atom. The number of carbonyl (C=O) groups is 1. The number of nitrogens with two attached hydrogens (primary N) is 2. The molecule has 2 aromatic heterocycles. The lowest BCUT2D eigenvalue weighted by Gasteiger charge is -2.27. The van der Waals surface area contributed by atoms with Crippen LogP contribution in [0.2, 0.25) is 0 Å². The van der Waals surface area contributed by atoms with E-state index in [1.54, 1.807) is 20.8 Å². The molecule has 2 heterocycles. The predicted molar refractivity (Wildman–Crippen MR) is 116 cm³/mol. The van der Waals surface area contributed by atoms with Crippen LogP contribution in [0.25, 0.3) is 5.95 Å². The van der Waals surface area contributed by atoms with Gasteiger partial charge in [-0.1, -0.05) is 19.1 Å². The van der Waals surface area contributed by atoms with E-state index in [2.05, 4.69) is 20.4 Å². The first-order valence-corrected chi connectivity index (χ1v) is 10.0. The van der Waals surface area contributed by atoms with Crippen molar-refractivity contribution in [2.24, 2.45) is 11.5 Å². The van der Waals surface area contributed by atoms with E-state index >= 15 is 0 Å². The Bertz CT molecular complexity index is 1260. The van der Waals surface area contributed by atoms with Crippen LogP contribution >= 0.6 is 0 Å². The smallest absolute Gasteiger partial charge is 0.306 e. The highest BCUT2D eigenvalue weighted by molar-refractivity contribution is 6.04. The number of hydrogen-bond donors (Lipinski definition) is 4. The number of hydrogen-bond acceptors (Lipinski definition) is 6. The molecule has 0 saturated heterocycles. The van der Waals surface area contributed by atoms with Gasteiger partial charge in [0.25, 0.3) is 11.5 Å². The second-order valence-electron chi connectivity index (χ2n) is 7.68. The molecule has 1 amide bonds.